The fourth-order valence-electron chi connectivity index (χ4n) is 1.59. The molecule has 7 heteroatoms. The Morgan fingerprint density at radius 1 is 1.05 bits per heavy atom. The van der Waals surface area contributed by atoms with E-state index in [0.29, 0.717) is 5.69 Å². The Bertz CT molecular complexity index is 704. The Hall–Kier alpha value is -2.47. The normalized spacial score (nSPS) is 10.1. The highest BCUT2D eigenvalue weighted by Crippen LogP contribution is 2.18. The maximum Gasteiger partial charge on any atom is 0.340 e. The van der Waals surface area contributed by atoms with Gasteiger partial charge in [0.25, 0.3) is 5.91 Å². The van der Waals surface area contributed by atoms with Crippen molar-refractivity contribution in [2.75, 3.05) is 11.9 Å². The standard InChI is InChI=1S/C15H10ClF2NO3/c16-13-7-10(18)3-6-12(13)15(21)22-8-14(20)19-11-4-1-9(17)2-5-11/h1-7H,8H2,(H,19,20). The molecule has 0 aromatic heterocycles. The number of halogens is 3. The molecule has 22 heavy (non-hydrogen) atoms. The molecule has 0 aliphatic rings. The molecule has 1 N–H and O–H groups in total. The Balaban J connectivity index is 1.90. The van der Waals surface area contributed by atoms with Crippen molar-refractivity contribution in [1.29, 1.82) is 0 Å². The van der Waals surface area contributed by atoms with Crippen molar-refractivity contribution in [3.63, 3.8) is 0 Å². The third-order valence-electron chi connectivity index (χ3n) is 2.61. The molecule has 0 atom stereocenters. The van der Waals surface area contributed by atoms with Crippen LogP contribution in [-0.4, -0.2) is 18.5 Å². The Kier molecular flexibility index (Phi) is 5.06. The van der Waals surface area contributed by atoms with E-state index in [1.807, 2.05) is 0 Å². The fourth-order valence-corrected chi connectivity index (χ4v) is 1.84. The second-order valence-corrected chi connectivity index (χ2v) is 4.66. The third kappa shape index (κ3) is 4.26. The number of benzene rings is 2. The molecule has 0 bridgehead atoms. The van der Waals surface area contributed by atoms with Gasteiger partial charge in [-0.1, -0.05) is 11.6 Å². The van der Waals surface area contributed by atoms with E-state index in [9.17, 15) is 18.4 Å². The lowest BCUT2D eigenvalue weighted by molar-refractivity contribution is -0.119. The van der Waals surface area contributed by atoms with Gasteiger partial charge in [-0.3, -0.25) is 4.79 Å². The fraction of sp³-hybridized carbons (Fsp3) is 0.0667. The number of ether oxygens (including phenoxy) is 1. The van der Waals surface area contributed by atoms with Gasteiger partial charge in [-0.2, -0.15) is 0 Å². The summed E-state index contributed by atoms with van der Waals surface area (Å²) in [4.78, 5) is 23.3. The lowest BCUT2D eigenvalue weighted by Gasteiger charge is -2.07. The van der Waals surface area contributed by atoms with Crippen LogP contribution < -0.4 is 5.32 Å². The van der Waals surface area contributed by atoms with Crippen molar-refractivity contribution in [3.8, 4) is 0 Å². The first-order chi connectivity index (χ1) is 10.5. The molecule has 0 fully saturated rings. The quantitative estimate of drug-likeness (QED) is 0.876. The topological polar surface area (TPSA) is 55.4 Å². The van der Waals surface area contributed by atoms with E-state index in [-0.39, 0.29) is 10.6 Å². The first-order valence-electron chi connectivity index (χ1n) is 6.13. The van der Waals surface area contributed by atoms with Gasteiger partial charge in [0.15, 0.2) is 6.61 Å². The van der Waals surface area contributed by atoms with Crippen molar-refractivity contribution in [3.05, 3.63) is 64.7 Å². The van der Waals surface area contributed by atoms with E-state index in [1.54, 1.807) is 0 Å². The first-order valence-corrected chi connectivity index (χ1v) is 6.51. The minimum Gasteiger partial charge on any atom is -0.452 e. The van der Waals surface area contributed by atoms with Gasteiger partial charge < -0.3 is 10.1 Å². The van der Waals surface area contributed by atoms with Gasteiger partial charge in [0, 0.05) is 5.69 Å². The van der Waals surface area contributed by atoms with Gasteiger partial charge in [-0.05, 0) is 42.5 Å². The van der Waals surface area contributed by atoms with E-state index in [0.717, 1.165) is 18.2 Å². The molecule has 2 aromatic rings. The average Bonchev–Trinajstić information content (AvgIpc) is 2.47. The number of anilines is 1. The molecule has 2 rings (SSSR count). The summed E-state index contributed by atoms with van der Waals surface area (Å²) < 4.78 is 30.4. The largest absolute Gasteiger partial charge is 0.452 e. The molecule has 2 aromatic carbocycles. The van der Waals surface area contributed by atoms with Crippen LogP contribution in [0, 0.1) is 11.6 Å². The number of carbonyl (C=O) groups is 2. The second kappa shape index (κ2) is 7.00. The van der Waals surface area contributed by atoms with Gasteiger partial charge in [-0.25, -0.2) is 13.6 Å². The highest BCUT2D eigenvalue weighted by atomic mass is 35.5. The zero-order chi connectivity index (χ0) is 16.1. The molecule has 4 nitrogen and oxygen atoms in total. The van der Waals surface area contributed by atoms with Crippen LogP contribution in [0.1, 0.15) is 10.4 Å². The lowest BCUT2D eigenvalue weighted by atomic mass is 10.2. The highest BCUT2D eigenvalue weighted by molar-refractivity contribution is 6.33. The van der Waals surface area contributed by atoms with Crippen LogP contribution in [0.4, 0.5) is 14.5 Å². The molecule has 0 unspecified atom stereocenters. The number of carbonyl (C=O) groups excluding carboxylic acids is 2. The zero-order valence-electron chi connectivity index (χ0n) is 11.1. The van der Waals surface area contributed by atoms with Crippen LogP contribution in [0.3, 0.4) is 0 Å². The predicted octanol–water partition coefficient (Wildman–Crippen LogP) is 3.41. The summed E-state index contributed by atoms with van der Waals surface area (Å²) in [5.74, 6) is -2.47. The van der Waals surface area contributed by atoms with Crippen LogP contribution in [0.15, 0.2) is 42.5 Å². The Morgan fingerprint density at radius 3 is 2.32 bits per heavy atom. The van der Waals surface area contributed by atoms with E-state index >= 15 is 0 Å². The molecule has 0 saturated carbocycles. The number of hydrogen-bond donors (Lipinski definition) is 1. The summed E-state index contributed by atoms with van der Waals surface area (Å²) in [6, 6.07) is 8.29. The van der Waals surface area contributed by atoms with Crippen molar-refractivity contribution < 1.29 is 23.1 Å². The maximum absolute atomic E-state index is 12.9. The second-order valence-electron chi connectivity index (χ2n) is 4.26. The van der Waals surface area contributed by atoms with Crippen LogP contribution >= 0.6 is 11.6 Å². The van der Waals surface area contributed by atoms with Crippen LogP contribution in [-0.2, 0) is 9.53 Å². The first kappa shape index (κ1) is 15.9. The average molecular weight is 326 g/mol. The number of esters is 1. The Morgan fingerprint density at radius 2 is 1.68 bits per heavy atom. The zero-order valence-corrected chi connectivity index (χ0v) is 11.9. The summed E-state index contributed by atoms with van der Waals surface area (Å²) in [5.41, 5.74) is 0.319. The lowest BCUT2D eigenvalue weighted by Crippen LogP contribution is -2.21. The monoisotopic (exact) mass is 325 g/mol. The van der Waals surface area contributed by atoms with Gasteiger partial charge in [0.1, 0.15) is 11.6 Å². The van der Waals surface area contributed by atoms with Crippen molar-refractivity contribution in [2.45, 2.75) is 0 Å². The van der Waals surface area contributed by atoms with E-state index in [2.05, 4.69) is 5.32 Å². The van der Waals surface area contributed by atoms with Gasteiger partial charge >= 0.3 is 5.97 Å². The van der Waals surface area contributed by atoms with Gasteiger partial charge in [0.05, 0.1) is 10.6 Å². The van der Waals surface area contributed by atoms with E-state index < -0.39 is 30.1 Å². The molecule has 0 aliphatic carbocycles. The predicted molar refractivity (Wildman–Crippen MR) is 76.7 cm³/mol. The van der Waals surface area contributed by atoms with Crippen LogP contribution in [0.25, 0.3) is 0 Å². The molecule has 0 radical (unpaired) electrons. The minimum absolute atomic E-state index is 0.0438. The van der Waals surface area contributed by atoms with E-state index in [1.165, 1.54) is 24.3 Å². The minimum atomic E-state index is -0.848. The molecular weight excluding hydrogens is 316 g/mol. The van der Waals surface area contributed by atoms with Crippen molar-refractivity contribution >= 4 is 29.2 Å². The van der Waals surface area contributed by atoms with Gasteiger partial charge in [0.2, 0.25) is 0 Å². The SMILES string of the molecule is O=C(COC(=O)c1ccc(F)cc1Cl)Nc1ccc(F)cc1. The molecule has 1 amide bonds. The number of hydrogen-bond acceptors (Lipinski definition) is 3. The van der Waals surface area contributed by atoms with E-state index in [4.69, 9.17) is 16.3 Å². The molecule has 0 spiro atoms. The van der Waals surface area contributed by atoms with Crippen molar-refractivity contribution in [2.24, 2.45) is 0 Å². The summed E-state index contributed by atoms with van der Waals surface area (Å²) in [5, 5.41) is 2.32. The van der Waals surface area contributed by atoms with Crippen LogP contribution in [0.2, 0.25) is 5.02 Å². The summed E-state index contributed by atoms with van der Waals surface area (Å²) >= 11 is 5.71. The molecule has 0 heterocycles. The third-order valence-corrected chi connectivity index (χ3v) is 2.93. The van der Waals surface area contributed by atoms with Crippen molar-refractivity contribution in [1.82, 2.24) is 0 Å². The van der Waals surface area contributed by atoms with Gasteiger partial charge in [-0.15, -0.1) is 0 Å². The number of nitrogens with one attached hydrogen (secondary N) is 1. The smallest absolute Gasteiger partial charge is 0.340 e. The maximum atomic E-state index is 12.9. The number of amides is 1. The molecule has 0 saturated heterocycles. The molecule has 114 valence electrons. The van der Waals surface area contributed by atoms with Crippen LogP contribution in [0.5, 0.6) is 0 Å². The summed E-state index contributed by atoms with van der Waals surface area (Å²) in [7, 11) is 0. The highest BCUT2D eigenvalue weighted by Gasteiger charge is 2.14. The summed E-state index contributed by atoms with van der Waals surface area (Å²) in [6.45, 7) is -0.552. The summed E-state index contributed by atoms with van der Waals surface area (Å²) in [6.07, 6.45) is 0. The Labute approximate surface area is 129 Å². The molecular formula is C15H10ClF2NO3. The molecule has 0 aliphatic heterocycles. The number of rotatable bonds is 4.